The molecule has 0 aliphatic carbocycles. The van der Waals surface area contributed by atoms with Crippen LogP contribution in [0.3, 0.4) is 0 Å². The predicted molar refractivity (Wildman–Crippen MR) is 83.6 cm³/mol. The second-order valence-electron chi connectivity index (χ2n) is 5.38. The lowest BCUT2D eigenvalue weighted by Gasteiger charge is -2.11. The number of hydrogen-bond donors (Lipinski definition) is 1. The Bertz CT molecular complexity index is 902. The van der Waals surface area contributed by atoms with Crippen molar-refractivity contribution in [3.8, 4) is 0 Å². The number of carbonyl (C=O) groups excluding carboxylic acids is 1. The largest absolute Gasteiger partial charge is 0.321 e. The van der Waals surface area contributed by atoms with Crippen molar-refractivity contribution in [3.63, 3.8) is 0 Å². The number of nitrogens with one attached hydrogen (secondary N) is 1. The van der Waals surface area contributed by atoms with Gasteiger partial charge in [0.15, 0.2) is 0 Å². The van der Waals surface area contributed by atoms with Crippen LogP contribution in [-0.2, 0) is 11.2 Å². The summed E-state index contributed by atoms with van der Waals surface area (Å²) in [5.41, 5.74) is 2.01. The first-order chi connectivity index (χ1) is 11.5. The van der Waals surface area contributed by atoms with Crippen molar-refractivity contribution in [1.82, 2.24) is 19.6 Å². The summed E-state index contributed by atoms with van der Waals surface area (Å²) >= 11 is 0. The number of aromatic nitrogens is 4. The number of fused-ring (bicyclic) bond motifs is 1. The number of nitrogens with zero attached hydrogens (tertiary/aromatic N) is 4. The van der Waals surface area contributed by atoms with E-state index >= 15 is 0 Å². The van der Waals surface area contributed by atoms with Crippen molar-refractivity contribution in [2.24, 2.45) is 0 Å². The first-order valence-electron chi connectivity index (χ1n) is 7.37. The van der Waals surface area contributed by atoms with Gasteiger partial charge in [0.05, 0.1) is 0 Å². The summed E-state index contributed by atoms with van der Waals surface area (Å²) in [6, 6.07) is 3.43. The van der Waals surface area contributed by atoms with Gasteiger partial charge >= 0.3 is 0 Å². The molecule has 3 aromatic rings. The van der Waals surface area contributed by atoms with E-state index < -0.39 is 23.2 Å². The van der Waals surface area contributed by atoms with Gasteiger partial charge in [0.2, 0.25) is 5.91 Å². The minimum Gasteiger partial charge on any atom is -0.321 e. The Morgan fingerprint density at radius 1 is 1.25 bits per heavy atom. The summed E-state index contributed by atoms with van der Waals surface area (Å²) < 4.78 is 28.7. The van der Waals surface area contributed by atoms with E-state index in [1.165, 1.54) is 12.4 Å². The van der Waals surface area contributed by atoms with E-state index in [-0.39, 0.29) is 6.42 Å². The van der Waals surface area contributed by atoms with E-state index in [1.54, 1.807) is 4.52 Å². The average Bonchev–Trinajstić information content (AvgIpc) is 2.99. The average molecular weight is 331 g/mol. The first kappa shape index (κ1) is 16.0. The number of benzene rings is 1. The minimum absolute atomic E-state index is 0.0668. The number of halogens is 2. The van der Waals surface area contributed by atoms with Crippen molar-refractivity contribution in [1.29, 1.82) is 0 Å². The maximum absolute atomic E-state index is 13.6. The minimum atomic E-state index is -0.804. The van der Waals surface area contributed by atoms with Gasteiger partial charge in [0, 0.05) is 17.8 Å². The Labute approximate surface area is 136 Å². The fourth-order valence-electron chi connectivity index (χ4n) is 2.57. The SMILES string of the molecule is Cc1nc2ncnn2c(C)c1CCC(=O)Nc1c(F)cccc1F. The van der Waals surface area contributed by atoms with Crippen LogP contribution < -0.4 is 5.32 Å². The van der Waals surface area contributed by atoms with Gasteiger partial charge in [-0.25, -0.2) is 18.3 Å². The Morgan fingerprint density at radius 2 is 1.96 bits per heavy atom. The molecule has 1 aromatic carbocycles. The number of aryl methyl sites for hydroxylation is 2. The molecule has 0 aliphatic heterocycles. The second kappa shape index (κ2) is 6.31. The highest BCUT2D eigenvalue weighted by Gasteiger charge is 2.15. The third-order valence-corrected chi connectivity index (χ3v) is 3.82. The lowest BCUT2D eigenvalue weighted by atomic mass is 10.1. The molecule has 24 heavy (non-hydrogen) atoms. The monoisotopic (exact) mass is 331 g/mol. The van der Waals surface area contributed by atoms with E-state index in [0.717, 1.165) is 29.1 Å². The zero-order valence-corrected chi connectivity index (χ0v) is 13.2. The lowest BCUT2D eigenvalue weighted by Crippen LogP contribution is -2.16. The van der Waals surface area contributed by atoms with Crippen molar-refractivity contribution >= 4 is 17.4 Å². The van der Waals surface area contributed by atoms with Crippen molar-refractivity contribution < 1.29 is 13.6 Å². The van der Waals surface area contributed by atoms with Gasteiger partial charge in [-0.2, -0.15) is 10.1 Å². The zero-order chi connectivity index (χ0) is 17.3. The molecule has 1 amide bonds. The lowest BCUT2D eigenvalue weighted by molar-refractivity contribution is -0.116. The Hall–Kier alpha value is -2.90. The third kappa shape index (κ3) is 2.94. The molecule has 0 aliphatic rings. The molecule has 124 valence electrons. The normalized spacial score (nSPS) is 11.0. The smallest absolute Gasteiger partial charge is 0.252 e. The fraction of sp³-hybridized carbons (Fsp3) is 0.250. The van der Waals surface area contributed by atoms with E-state index in [2.05, 4.69) is 20.4 Å². The number of rotatable bonds is 4. The van der Waals surface area contributed by atoms with Gasteiger partial charge in [0.1, 0.15) is 23.6 Å². The van der Waals surface area contributed by atoms with Crippen LogP contribution in [0.5, 0.6) is 0 Å². The molecule has 0 saturated carbocycles. The van der Waals surface area contributed by atoms with Crippen molar-refractivity contribution in [2.45, 2.75) is 26.7 Å². The molecule has 3 rings (SSSR count). The molecular formula is C16H15F2N5O. The van der Waals surface area contributed by atoms with Crippen LogP contribution in [0, 0.1) is 25.5 Å². The standard InChI is InChI=1S/C16H15F2N5O/c1-9-11(10(2)23-16(21-9)19-8-20-23)6-7-14(24)22-15-12(17)4-3-5-13(15)18/h3-5,8H,6-7H2,1-2H3,(H,22,24). The summed E-state index contributed by atoms with van der Waals surface area (Å²) in [5, 5.41) is 6.36. The summed E-state index contributed by atoms with van der Waals surface area (Å²) in [5.74, 6) is -1.59. The quantitative estimate of drug-likeness (QED) is 0.797. The number of para-hydroxylation sites is 1. The van der Waals surface area contributed by atoms with E-state index in [9.17, 15) is 13.6 Å². The van der Waals surface area contributed by atoms with Gasteiger partial charge in [-0.05, 0) is 38.0 Å². The maximum atomic E-state index is 13.6. The molecule has 0 bridgehead atoms. The highest BCUT2D eigenvalue weighted by molar-refractivity contribution is 5.91. The number of amides is 1. The Kier molecular flexibility index (Phi) is 4.20. The van der Waals surface area contributed by atoms with Crippen LogP contribution in [-0.4, -0.2) is 25.5 Å². The summed E-state index contributed by atoms with van der Waals surface area (Å²) in [6.45, 7) is 3.69. The third-order valence-electron chi connectivity index (χ3n) is 3.82. The Balaban J connectivity index is 1.75. The number of carbonyl (C=O) groups is 1. The van der Waals surface area contributed by atoms with Crippen molar-refractivity contribution in [2.75, 3.05) is 5.32 Å². The predicted octanol–water partition coefficient (Wildman–Crippen LogP) is 2.59. The number of hydrogen-bond acceptors (Lipinski definition) is 4. The van der Waals surface area contributed by atoms with Gasteiger partial charge in [-0.3, -0.25) is 4.79 Å². The summed E-state index contributed by atoms with van der Waals surface area (Å²) in [6.07, 6.45) is 1.85. The molecule has 0 spiro atoms. The molecule has 0 fully saturated rings. The van der Waals surface area contributed by atoms with Crippen LogP contribution in [0.15, 0.2) is 24.5 Å². The van der Waals surface area contributed by atoms with Crippen LogP contribution in [0.4, 0.5) is 14.5 Å². The van der Waals surface area contributed by atoms with Crippen LogP contribution in [0.1, 0.15) is 23.4 Å². The van der Waals surface area contributed by atoms with Crippen LogP contribution in [0.25, 0.3) is 5.78 Å². The van der Waals surface area contributed by atoms with Crippen LogP contribution in [0.2, 0.25) is 0 Å². The van der Waals surface area contributed by atoms with Gasteiger partial charge in [-0.15, -0.1) is 0 Å². The highest BCUT2D eigenvalue weighted by Crippen LogP contribution is 2.19. The molecule has 2 aromatic heterocycles. The zero-order valence-electron chi connectivity index (χ0n) is 13.2. The summed E-state index contributed by atoms with van der Waals surface area (Å²) in [7, 11) is 0. The van der Waals surface area contributed by atoms with E-state index in [0.29, 0.717) is 12.2 Å². The molecule has 0 atom stereocenters. The molecule has 6 nitrogen and oxygen atoms in total. The maximum Gasteiger partial charge on any atom is 0.252 e. The van der Waals surface area contributed by atoms with E-state index in [4.69, 9.17) is 0 Å². The van der Waals surface area contributed by atoms with Gasteiger partial charge in [0.25, 0.3) is 5.78 Å². The fourth-order valence-corrected chi connectivity index (χ4v) is 2.57. The first-order valence-corrected chi connectivity index (χ1v) is 7.37. The Morgan fingerprint density at radius 3 is 2.67 bits per heavy atom. The molecular weight excluding hydrogens is 316 g/mol. The molecule has 1 N–H and O–H groups in total. The molecule has 0 saturated heterocycles. The molecule has 0 unspecified atom stereocenters. The van der Waals surface area contributed by atoms with Crippen LogP contribution >= 0.6 is 0 Å². The topological polar surface area (TPSA) is 72.2 Å². The number of anilines is 1. The molecule has 8 heteroatoms. The van der Waals surface area contributed by atoms with Gasteiger partial charge < -0.3 is 5.32 Å². The highest BCUT2D eigenvalue weighted by atomic mass is 19.1. The van der Waals surface area contributed by atoms with Crippen molar-refractivity contribution in [3.05, 3.63) is 53.1 Å². The summed E-state index contributed by atoms with van der Waals surface area (Å²) in [4.78, 5) is 20.4. The molecule has 0 radical (unpaired) electrons. The second-order valence-corrected chi connectivity index (χ2v) is 5.38. The van der Waals surface area contributed by atoms with E-state index in [1.807, 2.05) is 13.8 Å². The molecule has 2 heterocycles. The van der Waals surface area contributed by atoms with Gasteiger partial charge in [-0.1, -0.05) is 6.07 Å².